The summed E-state index contributed by atoms with van der Waals surface area (Å²) >= 11 is 0. The van der Waals surface area contributed by atoms with Crippen molar-refractivity contribution in [3.63, 3.8) is 0 Å². The highest BCUT2D eigenvalue weighted by Crippen LogP contribution is 2.38. The van der Waals surface area contributed by atoms with Crippen molar-refractivity contribution >= 4 is 21.9 Å². The third kappa shape index (κ3) is 2.72. The van der Waals surface area contributed by atoms with E-state index in [4.69, 9.17) is 9.97 Å². The Bertz CT molecular complexity index is 1470. The maximum absolute atomic E-state index is 4.94. The fraction of sp³-hybridized carbons (Fsp3) is 0.240. The van der Waals surface area contributed by atoms with Crippen LogP contribution in [-0.4, -0.2) is 30.6 Å². The van der Waals surface area contributed by atoms with Crippen LogP contribution in [0.15, 0.2) is 49.1 Å². The molecule has 6 nitrogen and oxygen atoms in total. The molecule has 0 aliphatic carbocycles. The van der Waals surface area contributed by atoms with Gasteiger partial charge in [0.25, 0.3) is 0 Å². The van der Waals surface area contributed by atoms with E-state index < -0.39 is 0 Å². The second-order valence-corrected chi connectivity index (χ2v) is 8.40. The number of rotatable bonds is 2. The third-order valence-corrected chi connectivity index (χ3v) is 6.50. The molecular weight excluding hydrogens is 384 g/mol. The number of hydrogen-bond acceptors (Lipinski definition) is 4. The fourth-order valence-electron chi connectivity index (χ4n) is 5.01. The average molecular weight is 409 g/mol. The lowest BCUT2D eigenvalue weighted by molar-refractivity contribution is 0.621. The Labute approximate surface area is 180 Å². The van der Waals surface area contributed by atoms with Gasteiger partial charge in [0.15, 0.2) is 0 Å². The lowest BCUT2D eigenvalue weighted by atomic mass is 9.98. The van der Waals surface area contributed by atoms with E-state index in [9.17, 15) is 0 Å². The maximum Gasteiger partial charge on any atom is 0.116 e. The van der Waals surface area contributed by atoms with Gasteiger partial charge in [0.1, 0.15) is 6.33 Å². The fourth-order valence-corrected chi connectivity index (χ4v) is 5.01. The van der Waals surface area contributed by atoms with Crippen LogP contribution in [0.1, 0.15) is 17.0 Å². The zero-order valence-electron chi connectivity index (χ0n) is 18.0. The van der Waals surface area contributed by atoms with Crippen molar-refractivity contribution in [1.82, 2.24) is 29.4 Å². The molecule has 0 unspecified atom stereocenters. The smallest absolute Gasteiger partial charge is 0.116 e. The van der Waals surface area contributed by atoms with Crippen LogP contribution in [0.5, 0.6) is 0 Å². The van der Waals surface area contributed by atoms with Crippen LogP contribution in [0.2, 0.25) is 0 Å². The van der Waals surface area contributed by atoms with Gasteiger partial charge >= 0.3 is 0 Å². The quantitative estimate of drug-likeness (QED) is 0.477. The van der Waals surface area contributed by atoms with Crippen molar-refractivity contribution in [3.8, 4) is 22.4 Å². The van der Waals surface area contributed by atoms with Gasteiger partial charge in [-0.15, -0.1) is 0 Å². The minimum Gasteiger partial charge on any atom is -0.351 e. The molecule has 1 N–H and O–H groups in total. The molecule has 0 radical (unpaired) electrons. The van der Waals surface area contributed by atoms with E-state index >= 15 is 0 Å². The Morgan fingerprint density at radius 2 is 1.97 bits per heavy atom. The van der Waals surface area contributed by atoms with Gasteiger partial charge in [0.2, 0.25) is 0 Å². The largest absolute Gasteiger partial charge is 0.351 e. The SMILES string of the molecule is Cc1cc(-c2cncnc2-c2ccc3c(ccn3C)c2)c2c(n1)c1c(n2C)CCNC1. The van der Waals surface area contributed by atoms with E-state index in [1.165, 1.54) is 22.2 Å². The van der Waals surface area contributed by atoms with Gasteiger partial charge in [-0.05, 0) is 31.2 Å². The summed E-state index contributed by atoms with van der Waals surface area (Å²) in [7, 11) is 4.23. The Balaban J connectivity index is 1.63. The molecule has 31 heavy (non-hydrogen) atoms. The Morgan fingerprint density at radius 3 is 2.87 bits per heavy atom. The molecule has 1 aliphatic rings. The molecule has 5 aromatic rings. The number of fused-ring (bicyclic) bond motifs is 4. The van der Waals surface area contributed by atoms with Gasteiger partial charge in [0, 0.05) is 90.5 Å². The molecule has 0 bridgehead atoms. The van der Waals surface area contributed by atoms with Crippen LogP contribution in [0.25, 0.3) is 44.3 Å². The van der Waals surface area contributed by atoms with Crippen LogP contribution in [0.4, 0.5) is 0 Å². The van der Waals surface area contributed by atoms with Gasteiger partial charge < -0.3 is 14.5 Å². The highest BCUT2D eigenvalue weighted by Gasteiger charge is 2.23. The molecular formula is C25H24N6. The molecule has 0 spiro atoms. The van der Waals surface area contributed by atoms with Crippen molar-refractivity contribution in [3.05, 3.63) is 66.0 Å². The molecule has 1 aromatic carbocycles. The van der Waals surface area contributed by atoms with E-state index in [2.05, 4.69) is 77.0 Å². The molecule has 154 valence electrons. The predicted molar refractivity (Wildman–Crippen MR) is 124 cm³/mol. The van der Waals surface area contributed by atoms with Gasteiger partial charge in [-0.2, -0.15) is 0 Å². The molecule has 1 aliphatic heterocycles. The number of nitrogens with one attached hydrogen (secondary N) is 1. The summed E-state index contributed by atoms with van der Waals surface area (Å²) < 4.78 is 4.46. The van der Waals surface area contributed by atoms with Gasteiger partial charge in [0.05, 0.1) is 16.7 Å². The van der Waals surface area contributed by atoms with E-state index in [1.807, 2.05) is 6.20 Å². The summed E-state index contributed by atoms with van der Waals surface area (Å²) in [4.78, 5) is 14.1. The topological polar surface area (TPSA) is 60.6 Å². The van der Waals surface area contributed by atoms with Gasteiger partial charge in [-0.3, -0.25) is 4.98 Å². The van der Waals surface area contributed by atoms with Gasteiger partial charge in [-0.1, -0.05) is 6.07 Å². The normalized spacial score (nSPS) is 13.8. The molecule has 0 fully saturated rings. The lowest BCUT2D eigenvalue weighted by Gasteiger charge is -2.14. The zero-order valence-corrected chi connectivity index (χ0v) is 18.0. The molecule has 0 amide bonds. The average Bonchev–Trinajstić information content (AvgIpc) is 3.31. The van der Waals surface area contributed by atoms with E-state index in [0.29, 0.717) is 0 Å². The summed E-state index contributed by atoms with van der Waals surface area (Å²) in [6.07, 6.45) is 6.69. The molecule has 4 aromatic heterocycles. The monoisotopic (exact) mass is 408 g/mol. The number of nitrogens with zero attached hydrogens (tertiary/aromatic N) is 5. The van der Waals surface area contributed by atoms with Gasteiger partial charge in [-0.25, -0.2) is 9.97 Å². The zero-order chi connectivity index (χ0) is 21.1. The predicted octanol–water partition coefficient (Wildman–Crippen LogP) is 4.14. The molecule has 6 heteroatoms. The molecule has 5 heterocycles. The molecule has 0 saturated carbocycles. The van der Waals surface area contributed by atoms with Crippen molar-refractivity contribution in [2.24, 2.45) is 14.1 Å². The van der Waals surface area contributed by atoms with Crippen LogP contribution in [0.3, 0.4) is 0 Å². The Morgan fingerprint density at radius 1 is 1.06 bits per heavy atom. The summed E-state index contributed by atoms with van der Waals surface area (Å²) in [5.41, 5.74) is 11.4. The first-order valence-corrected chi connectivity index (χ1v) is 10.7. The summed E-state index contributed by atoms with van der Waals surface area (Å²) in [6, 6.07) is 10.8. The third-order valence-electron chi connectivity index (χ3n) is 6.50. The van der Waals surface area contributed by atoms with Crippen molar-refractivity contribution in [2.75, 3.05) is 6.54 Å². The minimum atomic E-state index is 0.866. The van der Waals surface area contributed by atoms with Crippen LogP contribution in [-0.2, 0) is 27.1 Å². The number of benzene rings is 1. The molecule has 0 atom stereocenters. The van der Waals surface area contributed by atoms with Crippen LogP contribution in [0, 0.1) is 6.92 Å². The minimum absolute atomic E-state index is 0.866. The number of hydrogen-bond donors (Lipinski definition) is 1. The highest BCUT2D eigenvalue weighted by atomic mass is 15.0. The Kier molecular flexibility index (Phi) is 3.98. The number of aryl methyl sites for hydroxylation is 3. The van der Waals surface area contributed by atoms with E-state index in [-0.39, 0.29) is 0 Å². The Hall–Kier alpha value is -3.51. The molecule has 6 rings (SSSR count). The highest BCUT2D eigenvalue weighted by molar-refractivity contribution is 5.99. The number of aromatic nitrogens is 5. The lowest BCUT2D eigenvalue weighted by Crippen LogP contribution is -2.24. The summed E-state index contributed by atoms with van der Waals surface area (Å²) in [5.74, 6) is 0. The maximum atomic E-state index is 4.94. The van der Waals surface area contributed by atoms with E-state index in [0.717, 1.165) is 58.6 Å². The first kappa shape index (κ1) is 18.3. The summed E-state index contributed by atoms with van der Waals surface area (Å²) in [5, 5.41) is 4.71. The van der Waals surface area contributed by atoms with Crippen molar-refractivity contribution in [1.29, 1.82) is 0 Å². The van der Waals surface area contributed by atoms with Crippen LogP contribution < -0.4 is 5.32 Å². The van der Waals surface area contributed by atoms with Crippen molar-refractivity contribution in [2.45, 2.75) is 19.9 Å². The second-order valence-electron chi connectivity index (χ2n) is 8.40. The standard InChI is InChI=1S/C25H24N6/c1-15-10-18(25-24(29-15)20-13-26-8-6-22(20)31(25)3)19-12-27-14-28-23(19)17-4-5-21-16(11-17)7-9-30(21)2/h4-5,7,9-12,14,26H,6,8,13H2,1-3H3. The summed E-state index contributed by atoms with van der Waals surface area (Å²) in [6.45, 7) is 3.94. The second kappa shape index (κ2) is 6.75. The van der Waals surface area contributed by atoms with Crippen LogP contribution >= 0.6 is 0 Å². The molecule has 0 saturated heterocycles. The van der Waals surface area contributed by atoms with E-state index in [1.54, 1.807) is 6.33 Å². The number of pyridine rings is 1. The van der Waals surface area contributed by atoms with Crippen molar-refractivity contribution < 1.29 is 0 Å². The first-order chi connectivity index (χ1) is 15.1. The first-order valence-electron chi connectivity index (χ1n) is 10.7.